The Bertz CT molecular complexity index is 1220. The van der Waals surface area contributed by atoms with Crippen LogP contribution < -0.4 is 10.6 Å². The summed E-state index contributed by atoms with van der Waals surface area (Å²) in [5, 5.41) is 5.91. The quantitative estimate of drug-likeness (QED) is 0.457. The Hall–Kier alpha value is -2.98. The summed E-state index contributed by atoms with van der Waals surface area (Å²) in [6.07, 6.45) is 5.17. The van der Waals surface area contributed by atoms with E-state index in [4.69, 9.17) is 4.74 Å². The molecule has 1 aliphatic heterocycles. The highest BCUT2D eigenvalue weighted by atomic mass is 32.2. The van der Waals surface area contributed by atoms with Crippen molar-refractivity contribution in [2.24, 2.45) is 0 Å². The highest BCUT2D eigenvalue weighted by molar-refractivity contribution is 7.90. The van der Waals surface area contributed by atoms with E-state index in [0.29, 0.717) is 16.0 Å². The van der Waals surface area contributed by atoms with Crippen molar-refractivity contribution in [1.29, 1.82) is 0 Å². The number of hydrogen-bond acceptors (Lipinski definition) is 7. The van der Waals surface area contributed by atoms with E-state index in [1.165, 1.54) is 6.08 Å². The highest BCUT2D eigenvalue weighted by Crippen LogP contribution is 2.38. The maximum absolute atomic E-state index is 12.5. The van der Waals surface area contributed by atoms with E-state index >= 15 is 0 Å². The molecule has 1 aliphatic carbocycles. The second-order valence-electron chi connectivity index (χ2n) is 7.96. The number of nitrogens with one attached hydrogen (secondary N) is 2. The molecule has 0 bridgehead atoms. The van der Waals surface area contributed by atoms with Crippen LogP contribution in [0, 0.1) is 0 Å². The minimum absolute atomic E-state index is 0.0366. The van der Waals surface area contributed by atoms with Crippen LogP contribution in [0.5, 0.6) is 0 Å². The Morgan fingerprint density at radius 2 is 1.91 bits per heavy atom. The van der Waals surface area contributed by atoms with Crippen molar-refractivity contribution in [3.05, 3.63) is 57.5 Å². The predicted octanol–water partition coefficient (Wildman–Crippen LogP) is 2.94. The van der Waals surface area contributed by atoms with E-state index in [1.54, 1.807) is 37.3 Å². The average molecular weight is 489 g/mol. The molecule has 2 N–H and O–H groups in total. The SMILES string of the molecule is CCOC(=O)c1c(NC(=O)/C=C/c2ccc(C(=O)NC3CC3)cc2)sc2c1CCS(=O)(=O)C2. The lowest BCUT2D eigenvalue weighted by Crippen LogP contribution is -2.25. The van der Waals surface area contributed by atoms with Crippen LogP contribution in [0.4, 0.5) is 5.00 Å². The van der Waals surface area contributed by atoms with Gasteiger partial charge in [-0.1, -0.05) is 12.1 Å². The van der Waals surface area contributed by atoms with Gasteiger partial charge in [-0.3, -0.25) is 9.59 Å². The zero-order valence-electron chi connectivity index (χ0n) is 18.1. The molecule has 1 aromatic carbocycles. The lowest BCUT2D eigenvalue weighted by molar-refractivity contribution is -0.111. The van der Waals surface area contributed by atoms with E-state index < -0.39 is 21.7 Å². The molecule has 0 atom stereocenters. The molecule has 174 valence electrons. The minimum atomic E-state index is -3.22. The normalized spacial score (nSPS) is 16.8. The Morgan fingerprint density at radius 1 is 1.18 bits per heavy atom. The first kappa shape index (κ1) is 23.2. The summed E-state index contributed by atoms with van der Waals surface area (Å²) in [6.45, 7) is 1.85. The summed E-state index contributed by atoms with van der Waals surface area (Å²) in [7, 11) is -3.22. The zero-order valence-corrected chi connectivity index (χ0v) is 19.7. The maximum Gasteiger partial charge on any atom is 0.341 e. The lowest BCUT2D eigenvalue weighted by atomic mass is 10.1. The zero-order chi connectivity index (χ0) is 23.6. The van der Waals surface area contributed by atoms with Crippen LogP contribution in [-0.4, -0.2) is 44.6 Å². The molecular weight excluding hydrogens is 464 g/mol. The monoisotopic (exact) mass is 488 g/mol. The fourth-order valence-corrected chi connectivity index (χ4v) is 6.54. The first-order chi connectivity index (χ1) is 15.8. The number of anilines is 1. The van der Waals surface area contributed by atoms with E-state index in [2.05, 4.69) is 10.6 Å². The molecule has 1 fully saturated rings. The number of carbonyl (C=O) groups excluding carboxylic acids is 3. The molecule has 2 amide bonds. The van der Waals surface area contributed by atoms with Crippen molar-refractivity contribution >= 4 is 50.0 Å². The first-order valence-corrected chi connectivity index (χ1v) is 13.3. The summed E-state index contributed by atoms with van der Waals surface area (Å²) >= 11 is 1.09. The van der Waals surface area contributed by atoms with Crippen LogP contribution in [0.15, 0.2) is 30.3 Å². The maximum atomic E-state index is 12.5. The fourth-order valence-electron chi connectivity index (χ4n) is 3.50. The molecule has 0 radical (unpaired) electrons. The summed E-state index contributed by atoms with van der Waals surface area (Å²) < 4.78 is 29.1. The molecule has 0 saturated heterocycles. The first-order valence-electron chi connectivity index (χ1n) is 10.7. The van der Waals surface area contributed by atoms with Crippen molar-refractivity contribution in [2.45, 2.75) is 38.0 Å². The molecule has 2 heterocycles. The average Bonchev–Trinajstić information content (AvgIpc) is 3.51. The van der Waals surface area contributed by atoms with Crippen LogP contribution in [0.3, 0.4) is 0 Å². The second-order valence-corrected chi connectivity index (χ2v) is 11.3. The third kappa shape index (κ3) is 5.69. The minimum Gasteiger partial charge on any atom is -0.462 e. The van der Waals surface area contributed by atoms with Crippen LogP contribution in [0.1, 0.15) is 56.5 Å². The molecule has 2 aliphatic rings. The molecular formula is C23H24N2O6S2. The van der Waals surface area contributed by atoms with Gasteiger partial charge in [0.1, 0.15) is 5.00 Å². The van der Waals surface area contributed by atoms with Crippen LogP contribution in [0.25, 0.3) is 6.08 Å². The smallest absolute Gasteiger partial charge is 0.341 e. The lowest BCUT2D eigenvalue weighted by Gasteiger charge is -2.13. The molecule has 1 aromatic heterocycles. The van der Waals surface area contributed by atoms with Gasteiger partial charge in [0.2, 0.25) is 5.91 Å². The number of thiophene rings is 1. The van der Waals surface area contributed by atoms with Gasteiger partial charge in [0.15, 0.2) is 9.84 Å². The largest absolute Gasteiger partial charge is 0.462 e. The van der Waals surface area contributed by atoms with Gasteiger partial charge in [0.05, 0.1) is 23.7 Å². The number of ether oxygens (including phenoxy) is 1. The van der Waals surface area contributed by atoms with Crippen LogP contribution >= 0.6 is 11.3 Å². The number of amides is 2. The third-order valence-electron chi connectivity index (χ3n) is 5.33. The van der Waals surface area contributed by atoms with Gasteiger partial charge in [-0.2, -0.15) is 0 Å². The summed E-state index contributed by atoms with van der Waals surface area (Å²) in [4.78, 5) is 37.7. The summed E-state index contributed by atoms with van der Waals surface area (Å²) in [5.74, 6) is -1.33. The molecule has 4 rings (SSSR count). The van der Waals surface area contributed by atoms with Crippen molar-refractivity contribution in [3.8, 4) is 0 Å². The number of fused-ring (bicyclic) bond motifs is 1. The van der Waals surface area contributed by atoms with E-state index in [-0.39, 0.29) is 47.0 Å². The second kappa shape index (κ2) is 9.48. The molecule has 0 unspecified atom stereocenters. The van der Waals surface area contributed by atoms with Crippen molar-refractivity contribution in [1.82, 2.24) is 5.32 Å². The molecule has 33 heavy (non-hydrogen) atoms. The number of sulfone groups is 1. The Morgan fingerprint density at radius 3 is 2.58 bits per heavy atom. The van der Waals surface area contributed by atoms with Gasteiger partial charge in [0.25, 0.3) is 5.91 Å². The van der Waals surface area contributed by atoms with Crippen molar-refractivity contribution in [2.75, 3.05) is 17.7 Å². The van der Waals surface area contributed by atoms with E-state index in [9.17, 15) is 22.8 Å². The molecule has 2 aromatic rings. The van der Waals surface area contributed by atoms with Gasteiger partial charge in [-0.05, 0) is 55.5 Å². The van der Waals surface area contributed by atoms with Crippen molar-refractivity contribution in [3.63, 3.8) is 0 Å². The standard InChI is InChI=1S/C23H24N2O6S2/c1-2-31-23(28)20-17-11-12-33(29,30)13-18(17)32-22(20)25-19(26)10-5-14-3-6-15(7-4-14)21(27)24-16-8-9-16/h3-7,10,16H,2,8-9,11-13H2,1H3,(H,24,27)(H,25,26)/b10-5+. The summed E-state index contributed by atoms with van der Waals surface area (Å²) in [5.41, 5.74) is 2.16. The third-order valence-corrected chi connectivity index (χ3v) is 8.22. The number of hydrogen-bond donors (Lipinski definition) is 2. The topological polar surface area (TPSA) is 119 Å². The molecule has 0 spiro atoms. The Labute approximate surface area is 195 Å². The Kier molecular flexibility index (Phi) is 6.66. The predicted molar refractivity (Wildman–Crippen MR) is 126 cm³/mol. The summed E-state index contributed by atoms with van der Waals surface area (Å²) in [6, 6.07) is 7.15. The van der Waals surface area contributed by atoms with Gasteiger partial charge in [-0.15, -0.1) is 11.3 Å². The van der Waals surface area contributed by atoms with E-state index in [1.807, 2.05) is 0 Å². The van der Waals surface area contributed by atoms with Gasteiger partial charge in [-0.25, -0.2) is 13.2 Å². The van der Waals surface area contributed by atoms with Gasteiger partial charge < -0.3 is 15.4 Å². The van der Waals surface area contributed by atoms with Gasteiger partial charge >= 0.3 is 5.97 Å². The highest BCUT2D eigenvalue weighted by Gasteiger charge is 2.31. The van der Waals surface area contributed by atoms with E-state index in [0.717, 1.165) is 29.7 Å². The van der Waals surface area contributed by atoms with Crippen molar-refractivity contribution < 1.29 is 27.5 Å². The fraction of sp³-hybridized carbons (Fsp3) is 0.348. The molecule has 1 saturated carbocycles. The number of esters is 1. The number of carbonyl (C=O) groups is 3. The molecule has 8 nitrogen and oxygen atoms in total. The number of benzene rings is 1. The molecule has 10 heteroatoms. The Balaban J connectivity index is 1.47. The van der Waals surface area contributed by atoms with Gasteiger partial charge in [0, 0.05) is 22.6 Å². The number of rotatable bonds is 7. The van der Waals surface area contributed by atoms with Crippen LogP contribution in [-0.2, 0) is 31.5 Å². The van der Waals surface area contributed by atoms with Crippen LogP contribution in [0.2, 0.25) is 0 Å².